The molecule has 1 aliphatic heterocycles. The highest BCUT2D eigenvalue weighted by Crippen LogP contribution is 2.27. The molecule has 2 N–H and O–H groups in total. The monoisotopic (exact) mass is 248 g/mol. The maximum Gasteiger partial charge on any atom is 0.414 e. The molecule has 1 heterocycles. The van der Waals surface area contributed by atoms with Gasteiger partial charge in [0.1, 0.15) is 5.60 Å². The van der Waals surface area contributed by atoms with Crippen molar-refractivity contribution in [1.82, 2.24) is 0 Å². The molecule has 1 unspecified atom stereocenters. The molecule has 18 heavy (non-hydrogen) atoms. The van der Waals surface area contributed by atoms with Crippen molar-refractivity contribution in [2.45, 2.75) is 38.8 Å². The zero-order valence-corrected chi connectivity index (χ0v) is 11.1. The quantitative estimate of drug-likeness (QED) is 0.766. The highest BCUT2D eigenvalue weighted by Gasteiger charge is 2.29. The van der Waals surface area contributed by atoms with Crippen LogP contribution in [-0.2, 0) is 11.2 Å². The van der Waals surface area contributed by atoms with E-state index >= 15 is 0 Å². The van der Waals surface area contributed by atoms with Crippen molar-refractivity contribution in [2.75, 3.05) is 11.4 Å². The molecule has 0 fully saturated rings. The molecule has 0 saturated carbocycles. The summed E-state index contributed by atoms with van der Waals surface area (Å²) in [6, 6.07) is 7.79. The fourth-order valence-corrected chi connectivity index (χ4v) is 2.12. The van der Waals surface area contributed by atoms with Crippen LogP contribution in [-0.4, -0.2) is 24.3 Å². The Kier molecular flexibility index (Phi) is 3.30. The number of hydrogen-bond acceptors (Lipinski definition) is 3. The number of hydrogen-bond donors (Lipinski definition) is 1. The van der Waals surface area contributed by atoms with Crippen LogP contribution in [0.5, 0.6) is 0 Å². The SMILES string of the molecule is CC(C)(C)OC(=O)N1CC(N)Cc2ccccc21. The van der Waals surface area contributed by atoms with Crippen molar-refractivity contribution in [1.29, 1.82) is 0 Å². The first-order valence-corrected chi connectivity index (χ1v) is 6.21. The minimum atomic E-state index is -0.492. The third kappa shape index (κ3) is 2.82. The zero-order valence-electron chi connectivity index (χ0n) is 11.1. The predicted octanol–water partition coefficient (Wildman–Crippen LogP) is 2.31. The van der Waals surface area contributed by atoms with E-state index in [9.17, 15) is 4.79 Å². The summed E-state index contributed by atoms with van der Waals surface area (Å²) in [7, 11) is 0. The number of para-hydroxylation sites is 1. The van der Waals surface area contributed by atoms with Gasteiger partial charge in [-0.1, -0.05) is 18.2 Å². The van der Waals surface area contributed by atoms with Gasteiger partial charge in [-0.3, -0.25) is 4.90 Å². The molecule has 1 atom stereocenters. The lowest BCUT2D eigenvalue weighted by atomic mass is 9.99. The molecule has 2 rings (SSSR count). The summed E-state index contributed by atoms with van der Waals surface area (Å²) in [4.78, 5) is 13.8. The Morgan fingerprint density at radius 3 is 2.72 bits per heavy atom. The molecule has 4 nitrogen and oxygen atoms in total. The van der Waals surface area contributed by atoms with Crippen molar-refractivity contribution in [3.05, 3.63) is 29.8 Å². The van der Waals surface area contributed by atoms with E-state index in [0.717, 1.165) is 17.7 Å². The predicted molar refractivity (Wildman–Crippen MR) is 71.7 cm³/mol. The molecule has 0 spiro atoms. The summed E-state index contributed by atoms with van der Waals surface area (Å²) >= 11 is 0. The maximum atomic E-state index is 12.2. The van der Waals surface area contributed by atoms with Gasteiger partial charge in [0, 0.05) is 12.6 Å². The number of anilines is 1. The fraction of sp³-hybridized carbons (Fsp3) is 0.500. The van der Waals surface area contributed by atoms with Gasteiger partial charge >= 0.3 is 6.09 Å². The van der Waals surface area contributed by atoms with Crippen molar-refractivity contribution in [2.24, 2.45) is 5.73 Å². The Balaban J connectivity index is 2.26. The molecular weight excluding hydrogens is 228 g/mol. The Labute approximate surface area is 108 Å². The second-order valence-corrected chi connectivity index (χ2v) is 5.68. The van der Waals surface area contributed by atoms with Gasteiger partial charge in [0.15, 0.2) is 0 Å². The standard InChI is InChI=1S/C14H20N2O2/c1-14(2,3)18-13(17)16-9-11(15)8-10-6-4-5-7-12(10)16/h4-7,11H,8-9,15H2,1-3H3. The number of carbonyl (C=O) groups is 1. The number of nitrogens with two attached hydrogens (primary N) is 1. The zero-order chi connectivity index (χ0) is 13.3. The van der Waals surface area contributed by atoms with Crippen LogP contribution in [0.4, 0.5) is 10.5 Å². The van der Waals surface area contributed by atoms with Gasteiger partial charge in [0.2, 0.25) is 0 Å². The smallest absolute Gasteiger partial charge is 0.414 e. The molecule has 1 aromatic carbocycles. The molecule has 0 aromatic heterocycles. The van der Waals surface area contributed by atoms with E-state index in [0.29, 0.717) is 6.54 Å². The van der Waals surface area contributed by atoms with Gasteiger partial charge < -0.3 is 10.5 Å². The highest BCUT2D eigenvalue weighted by atomic mass is 16.6. The van der Waals surface area contributed by atoms with E-state index in [1.165, 1.54) is 0 Å². The number of amides is 1. The Bertz CT molecular complexity index is 451. The summed E-state index contributed by atoms with van der Waals surface area (Å²) in [6.07, 6.45) is 0.472. The van der Waals surface area contributed by atoms with E-state index in [4.69, 9.17) is 10.5 Å². The Hall–Kier alpha value is -1.55. The van der Waals surface area contributed by atoms with Crippen molar-refractivity contribution < 1.29 is 9.53 Å². The van der Waals surface area contributed by atoms with E-state index < -0.39 is 5.60 Å². The average molecular weight is 248 g/mol. The second kappa shape index (κ2) is 4.61. The molecular formula is C14H20N2O2. The lowest BCUT2D eigenvalue weighted by Gasteiger charge is -2.34. The fourth-order valence-electron chi connectivity index (χ4n) is 2.12. The van der Waals surface area contributed by atoms with Crippen molar-refractivity contribution in [3.8, 4) is 0 Å². The first-order valence-electron chi connectivity index (χ1n) is 6.21. The van der Waals surface area contributed by atoms with Crippen LogP contribution in [0.25, 0.3) is 0 Å². The summed E-state index contributed by atoms with van der Waals surface area (Å²) < 4.78 is 5.41. The maximum absolute atomic E-state index is 12.2. The molecule has 1 aliphatic rings. The van der Waals surface area contributed by atoms with Crippen LogP contribution in [0.15, 0.2) is 24.3 Å². The third-order valence-corrected chi connectivity index (χ3v) is 2.80. The van der Waals surface area contributed by atoms with Crippen LogP contribution >= 0.6 is 0 Å². The lowest BCUT2D eigenvalue weighted by Crippen LogP contribution is -2.47. The lowest BCUT2D eigenvalue weighted by molar-refractivity contribution is 0.0575. The molecule has 0 bridgehead atoms. The third-order valence-electron chi connectivity index (χ3n) is 2.80. The molecule has 0 saturated heterocycles. The molecule has 0 aliphatic carbocycles. The first kappa shape index (κ1) is 12.9. The van der Waals surface area contributed by atoms with Crippen molar-refractivity contribution >= 4 is 11.8 Å². The van der Waals surface area contributed by atoms with E-state index in [1.807, 2.05) is 45.0 Å². The Morgan fingerprint density at radius 1 is 1.39 bits per heavy atom. The van der Waals surface area contributed by atoms with Gasteiger partial charge in [-0.15, -0.1) is 0 Å². The summed E-state index contributed by atoms with van der Waals surface area (Å²) in [6.45, 7) is 6.09. The molecule has 98 valence electrons. The number of fused-ring (bicyclic) bond motifs is 1. The van der Waals surface area contributed by atoms with Gasteiger partial charge in [-0.2, -0.15) is 0 Å². The summed E-state index contributed by atoms with van der Waals surface area (Å²) in [5, 5.41) is 0. The van der Waals surface area contributed by atoms with Crippen molar-refractivity contribution in [3.63, 3.8) is 0 Å². The van der Waals surface area contributed by atoms with Crippen LogP contribution in [0.3, 0.4) is 0 Å². The number of nitrogens with zero attached hydrogens (tertiary/aromatic N) is 1. The Morgan fingerprint density at radius 2 is 2.06 bits per heavy atom. The minimum absolute atomic E-state index is 0.0348. The molecule has 1 aromatic rings. The van der Waals surface area contributed by atoms with Crippen LogP contribution in [0.1, 0.15) is 26.3 Å². The van der Waals surface area contributed by atoms with E-state index in [1.54, 1.807) is 4.90 Å². The molecule has 4 heteroatoms. The van der Waals surface area contributed by atoms with E-state index in [-0.39, 0.29) is 12.1 Å². The topological polar surface area (TPSA) is 55.6 Å². The molecule has 1 amide bonds. The summed E-state index contributed by atoms with van der Waals surface area (Å²) in [5.41, 5.74) is 7.51. The number of benzene rings is 1. The van der Waals surface area contributed by atoms with Gasteiger partial charge in [-0.25, -0.2) is 4.79 Å². The van der Waals surface area contributed by atoms with E-state index in [2.05, 4.69) is 0 Å². The van der Waals surface area contributed by atoms with Crippen LogP contribution in [0, 0.1) is 0 Å². The second-order valence-electron chi connectivity index (χ2n) is 5.68. The largest absolute Gasteiger partial charge is 0.443 e. The van der Waals surface area contributed by atoms with Crippen LogP contribution in [0.2, 0.25) is 0 Å². The number of ether oxygens (including phenoxy) is 1. The summed E-state index contributed by atoms with van der Waals surface area (Å²) in [5.74, 6) is 0. The van der Waals surface area contributed by atoms with Gasteiger partial charge in [0.25, 0.3) is 0 Å². The van der Waals surface area contributed by atoms with Gasteiger partial charge in [0.05, 0.1) is 5.69 Å². The number of carbonyl (C=O) groups excluding carboxylic acids is 1. The van der Waals surface area contributed by atoms with Gasteiger partial charge in [-0.05, 0) is 38.8 Å². The normalized spacial score (nSPS) is 19.3. The highest BCUT2D eigenvalue weighted by molar-refractivity contribution is 5.89. The average Bonchev–Trinajstić information content (AvgIpc) is 2.25. The van der Waals surface area contributed by atoms with Crippen LogP contribution < -0.4 is 10.6 Å². The minimum Gasteiger partial charge on any atom is -0.443 e. The first-order chi connectivity index (χ1) is 8.37. The number of rotatable bonds is 0. The molecule has 0 radical (unpaired) electrons.